The summed E-state index contributed by atoms with van der Waals surface area (Å²) in [5.74, 6) is -0.0250. The minimum atomic E-state index is -6.01. The van der Waals surface area contributed by atoms with E-state index in [-0.39, 0.29) is 36.0 Å². The number of hydrogen-bond acceptors (Lipinski definition) is 5. The van der Waals surface area contributed by atoms with Crippen molar-refractivity contribution in [1.29, 1.82) is 0 Å². The molecule has 3 amide bonds. The summed E-state index contributed by atoms with van der Waals surface area (Å²) in [4.78, 5) is 27.3. The highest BCUT2D eigenvalue weighted by Gasteiger charge is 2.71. The van der Waals surface area contributed by atoms with Gasteiger partial charge in [0, 0.05) is 18.0 Å². The number of urea groups is 1. The molecule has 2 atom stereocenters. The molecule has 43 heavy (non-hydrogen) atoms. The van der Waals surface area contributed by atoms with Crippen LogP contribution in [-0.4, -0.2) is 48.0 Å². The Morgan fingerprint density at radius 2 is 1.70 bits per heavy atom. The molecule has 2 aromatic carbocycles. The lowest BCUT2D eigenvalue weighted by atomic mass is 9.90. The van der Waals surface area contributed by atoms with Crippen LogP contribution < -0.4 is 14.8 Å². The van der Waals surface area contributed by atoms with Crippen LogP contribution >= 0.6 is 0 Å². The molecule has 2 N–H and O–H groups in total. The van der Waals surface area contributed by atoms with Gasteiger partial charge in [-0.05, 0) is 67.3 Å². The summed E-state index contributed by atoms with van der Waals surface area (Å²) in [5.41, 5.74) is -7.13. The summed E-state index contributed by atoms with van der Waals surface area (Å²) in [7, 11) is 1.51. The number of amides is 3. The van der Waals surface area contributed by atoms with Crippen molar-refractivity contribution in [1.82, 2.24) is 10.2 Å². The van der Waals surface area contributed by atoms with Gasteiger partial charge in [-0.2, -0.15) is 26.3 Å². The zero-order valence-corrected chi connectivity index (χ0v) is 23.5. The average molecular weight is 613 g/mol. The number of hydrogen-bond donors (Lipinski definition) is 2. The molecular weight excluding hydrogens is 582 g/mol. The molecule has 1 saturated heterocycles. The van der Waals surface area contributed by atoms with Gasteiger partial charge in [-0.3, -0.25) is 9.69 Å². The number of aliphatic hydroxyl groups is 1. The molecule has 2 aliphatic rings. The van der Waals surface area contributed by atoms with Crippen LogP contribution in [0.25, 0.3) is 0 Å². The Morgan fingerprint density at radius 3 is 2.28 bits per heavy atom. The monoisotopic (exact) mass is 612 g/mol. The molecule has 7 nitrogen and oxygen atoms in total. The van der Waals surface area contributed by atoms with Crippen molar-refractivity contribution >= 4 is 11.9 Å². The number of nitrogens with zero attached hydrogens (tertiary/aromatic N) is 1. The Morgan fingerprint density at radius 1 is 1.05 bits per heavy atom. The Hall–Kier alpha value is -4.00. The number of rotatable bonds is 9. The second-order valence-electron chi connectivity index (χ2n) is 10.5. The summed E-state index contributed by atoms with van der Waals surface area (Å²) < 4.78 is 91.6. The van der Waals surface area contributed by atoms with E-state index in [4.69, 9.17) is 9.47 Å². The van der Waals surface area contributed by atoms with E-state index >= 15 is 0 Å². The third-order valence-electron chi connectivity index (χ3n) is 7.53. The second kappa shape index (κ2) is 11.6. The number of nitrogens with one attached hydrogen (secondary N) is 1. The average Bonchev–Trinajstić information content (AvgIpc) is 3.16. The first-order valence-electron chi connectivity index (χ1n) is 13.4. The molecule has 2 aromatic rings. The van der Waals surface area contributed by atoms with Gasteiger partial charge in [0.15, 0.2) is 0 Å². The fraction of sp³-hybridized carbons (Fsp3) is 0.400. The fourth-order valence-electron chi connectivity index (χ4n) is 5.11. The highest BCUT2D eigenvalue weighted by molar-refractivity contribution is 6.07. The lowest BCUT2D eigenvalue weighted by molar-refractivity contribution is -0.376. The topological polar surface area (TPSA) is 88.1 Å². The summed E-state index contributed by atoms with van der Waals surface area (Å²) >= 11 is 0. The van der Waals surface area contributed by atoms with Gasteiger partial charge in [-0.15, -0.1) is 0 Å². The molecule has 1 aliphatic carbocycles. The van der Waals surface area contributed by atoms with Gasteiger partial charge >= 0.3 is 18.4 Å². The third kappa shape index (κ3) is 5.95. The normalized spacial score (nSPS) is 21.1. The van der Waals surface area contributed by atoms with Gasteiger partial charge < -0.3 is 19.9 Å². The number of carbonyl (C=O) groups excluding carboxylic acids is 2. The van der Waals surface area contributed by atoms with Gasteiger partial charge in [0.1, 0.15) is 22.8 Å². The molecule has 4 rings (SSSR count). The van der Waals surface area contributed by atoms with Crippen LogP contribution in [0.15, 0.2) is 66.5 Å². The Balaban J connectivity index is 1.55. The quantitative estimate of drug-likeness (QED) is 0.258. The molecule has 0 spiro atoms. The second-order valence-corrected chi connectivity index (χ2v) is 10.5. The van der Waals surface area contributed by atoms with Crippen molar-refractivity contribution in [2.24, 2.45) is 5.92 Å². The number of ether oxygens (including phenoxy) is 2. The highest BCUT2D eigenvalue weighted by Crippen LogP contribution is 2.50. The van der Waals surface area contributed by atoms with Gasteiger partial charge in [-0.25, -0.2) is 4.79 Å². The van der Waals surface area contributed by atoms with Gasteiger partial charge in [0.25, 0.3) is 11.5 Å². The molecule has 13 heteroatoms. The first-order valence-corrected chi connectivity index (χ1v) is 13.4. The third-order valence-corrected chi connectivity index (χ3v) is 7.53. The van der Waals surface area contributed by atoms with Crippen molar-refractivity contribution in [3.63, 3.8) is 0 Å². The van der Waals surface area contributed by atoms with Crippen LogP contribution in [0.3, 0.4) is 0 Å². The van der Waals surface area contributed by atoms with E-state index < -0.39 is 41.0 Å². The molecule has 0 aromatic heterocycles. The zero-order valence-electron chi connectivity index (χ0n) is 23.5. The lowest BCUT2D eigenvalue weighted by Gasteiger charge is -2.33. The van der Waals surface area contributed by atoms with Crippen molar-refractivity contribution in [2.75, 3.05) is 13.7 Å². The maximum atomic E-state index is 13.4. The predicted molar refractivity (Wildman–Crippen MR) is 143 cm³/mol. The molecule has 232 valence electrons. The van der Waals surface area contributed by atoms with Crippen molar-refractivity contribution in [3.05, 3.63) is 83.1 Å². The van der Waals surface area contributed by atoms with Crippen molar-refractivity contribution in [3.8, 4) is 11.5 Å². The van der Waals surface area contributed by atoms with Crippen LogP contribution in [0.1, 0.15) is 43.4 Å². The summed E-state index contributed by atoms with van der Waals surface area (Å²) in [6.45, 7) is 3.28. The molecule has 1 aliphatic heterocycles. The fourth-order valence-corrected chi connectivity index (χ4v) is 5.11. The van der Waals surface area contributed by atoms with Crippen LogP contribution in [0, 0.1) is 5.92 Å². The number of benzene rings is 2. The van der Waals surface area contributed by atoms with E-state index in [1.165, 1.54) is 7.11 Å². The van der Waals surface area contributed by atoms with E-state index in [9.17, 15) is 41.0 Å². The number of aryl methyl sites for hydroxylation is 1. The molecule has 1 heterocycles. The minimum absolute atomic E-state index is 0.00142. The summed E-state index contributed by atoms with van der Waals surface area (Å²) in [6.07, 6.45) is -6.21. The number of methoxy groups -OCH3 is 1. The lowest BCUT2D eigenvalue weighted by Crippen LogP contribution is -2.53. The zero-order chi connectivity index (χ0) is 31.8. The number of alkyl halides is 6. The largest absolute Gasteiger partial charge is 0.497 e. The van der Waals surface area contributed by atoms with E-state index in [2.05, 4.69) is 5.32 Å². The number of carbonyl (C=O) groups is 2. The van der Waals surface area contributed by atoms with Crippen LogP contribution in [0.4, 0.5) is 31.1 Å². The summed E-state index contributed by atoms with van der Waals surface area (Å²) in [5, 5.41) is 12.6. The molecule has 0 bridgehead atoms. The predicted octanol–water partition coefficient (Wildman–Crippen LogP) is 6.27. The van der Waals surface area contributed by atoms with E-state index in [1.807, 2.05) is 0 Å². The smallest absolute Gasteiger partial charge is 0.430 e. The Kier molecular flexibility index (Phi) is 8.60. The maximum absolute atomic E-state index is 13.4. The minimum Gasteiger partial charge on any atom is -0.497 e. The van der Waals surface area contributed by atoms with Gasteiger partial charge in [-0.1, -0.05) is 37.6 Å². The van der Waals surface area contributed by atoms with E-state index in [0.29, 0.717) is 36.3 Å². The number of imide groups is 1. The van der Waals surface area contributed by atoms with E-state index in [1.54, 1.807) is 56.3 Å². The highest BCUT2D eigenvalue weighted by atomic mass is 19.4. The molecule has 1 fully saturated rings. The summed E-state index contributed by atoms with van der Waals surface area (Å²) in [6, 6.07) is 8.26. The Labute approximate surface area is 243 Å². The van der Waals surface area contributed by atoms with Crippen molar-refractivity contribution in [2.45, 2.75) is 56.6 Å². The van der Waals surface area contributed by atoms with Crippen molar-refractivity contribution < 1.29 is 50.5 Å². The number of halogens is 6. The van der Waals surface area contributed by atoms with Crippen LogP contribution in [0.5, 0.6) is 11.5 Å². The van der Waals surface area contributed by atoms with E-state index in [0.717, 1.165) is 11.0 Å². The molecule has 2 unspecified atom stereocenters. The molecule has 0 radical (unpaired) electrons. The maximum Gasteiger partial charge on any atom is 0.430 e. The Bertz CT molecular complexity index is 1420. The molecular formula is C30H30F6N2O5. The standard InChI is InChI=1S/C30H30F6N2O5/c1-4-6-19-16-21(28(41,29(31,32)33)30(34,35)36)11-14-24(19)43-23-8-5-7-18(15-23)17-38-25(39)27(2,37-26(38)40)20-9-12-22(42-3)13-10-20/h5,8-16,18,41H,4,6-7,17H2,1-3H3,(H,37,40). The van der Waals surface area contributed by atoms with Crippen LogP contribution in [0.2, 0.25) is 0 Å². The SMILES string of the molecule is CCCc1cc(C(O)(C(F)(F)F)C(F)(F)F)ccc1OC1=CC(CN2C(=O)NC(C)(c3ccc(OC)cc3)C2=O)CC=C1. The first-order chi connectivity index (χ1) is 20.0. The van der Waals surface area contributed by atoms with Crippen LogP contribution in [-0.2, 0) is 22.4 Å². The van der Waals surface area contributed by atoms with Gasteiger partial charge in [0.05, 0.1) is 7.11 Å². The molecule has 0 saturated carbocycles. The van der Waals surface area contributed by atoms with Gasteiger partial charge in [0.2, 0.25) is 0 Å². The first kappa shape index (κ1) is 31.9. The number of allylic oxidation sites excluding steroid dienone is 2.